The Hall–Kier alpha value is -1.16. The van der Waals surface area contributed by atoms with Crippen LogP contribution in [0.4, 0.5) is 0 Å². The zero-order valence-corrected chi connectivity index (χ0v) is 17.3. The molecule has 1 saturated heterocycles. The van der Waals surface area contributed by atoms with Gasteiger partial charge in [0.05, 0.1) is 27.5 Å². The minimum Gasteiger partial charge on any atom is -0.388 e. The fourth-order valence-electron chi connectivity index (χ4n) is 3.37. The molecule has 0 aliphatic carbocycles. The van der Waals surface area contributed by atoms with Crippen LogP contribution in [0.15, 0.2) is 40.7 Å². The van der Waals surface area contributed by atoms with Crippen molar-refractivity contribution in [1.82, 2.24) is 13.9 Å². The van der Waals surface area contributed by atoms with Gasteiger partial charge < -0.3 is 9.67 Å². The smallest absolute Gasteiger partial charge is 0.252 e. The average molecular weight is 446 g/mol. The van der Waals surface area contributed by atoms with Crippen molar-refractivity contribution in [2.24, 2.45) is 0 Å². The van der Waals surface area contributed by atoms with E-state index >= 15 is 0 Å². The molecule has 3 aromatic rings. The van der Waals surface area contributed by atoms with Crippen LogP contribution in [0, 0.1) is 0 Å². The normalized spacial score (nSPS) is 18.2. The molecule has 144 valence electrons. The van der Waals surface area contributed by atoms with Gasteiger partial charge in [0.15, 0.2) is 0 Å². The number of pyridine rings is 1. The Balaban J connectivity index is 1.49. The Labute approximate surface area is 171 Å². The van der Waals surface area contributed by atoms with Gasteiger partial charge in [-0.1, -0.05) is 23.2 Å². The molecule has 0 saturated carbocycles. The molecule has 0 aromatic carbocycles. The lowest BCUT2D eigenvalue weighted by molar-refractivity contribution is -0.0184. The van der Waals surface area contributed by atoms with E-state index in [0.29, 0.717) is 28.9 Å². The van der Waals surface area contributed by atoms with E-state index < -0.39 is 15.6 Å². The first-order valence-electron chi connectivity index (χ1n) is 8.36. The number of thiophene rings is 1. The van der Waals surface area contributed by atoms with Gasteiger partial charge in [-0.05, 0) is 43.2 Å². The Morgan fingerprint density at radius 3 is 2.56 bits per heavy atom. The molecule has 27 heavy (non-hydrogen) atoms. The van der Waals surface area contributed by atoms with Crippen molar-refractivity contribution in [1.29, 1.82) is 0 Å². The zero-order chi connectivity index (χ0) is 19.2. The molecule has 4 heterocycles. The van der Waals surface area contributed by atoms with Crippen LogP contribution in [0.1, 0.15) is 12.8 Å². The predicted octanol–water partition coefficient (Wildman–Crippen LogP) is 3.62. The molecule has 10 heteroatoms. The van der Waals surface area contributed by atoms with Crippen LogP contribution in [0.25, 0.3) is 11.0 Å². The highest BCUT2D eigenvalue weighted by molar-refractivity contribution is 7.91. The first-order valence-corrected chi connectivity index (χ1v) is 11.4. The van der Waals surface area contributed by atoms with Crippen molar-refractivity contribution in [3.05, 3.63) is 46.0 Å². The molecule has 6 nitrogen and oxygen atoms in total. The van der Waals surface area contributed by atoms with Crippen LogP contribution in [0.5, 0.6) is 0 Å². The van der Waals surface area contributed by atoms with Crippen molar-refractivity contribution < 1.29 is 13.5 Å². The maximum Gasteiger partial charge on any atom is 0.252 e. The summed E-state index contributed by atoms with van der Waals surface area (Å²) < 4.78 is 29.4. The standard InChI is InChI=1S/C17H17Cl2N3O3S2/c18-14-2-1-13-12(20-14)5-8-21(13)11-17(23)6-9-22(10-7-17)27(24,25)16-4-3-15(19)26-16/h1-5,8,23H,6-7,9-11H2. The Morgan fingerprint density at radius 1 is 1.15 bits per heavy atom. The molecule has 0 spiro atoms. The van der Waals surface area contributed by atoms with Crippen LogP contribution in [-0.4, -0.2) is 46.1 Å². The number of halogens is 2. The fraction of sp³-hybridized carbons (Fsp3) is 0.353. The summed E-state index contributed by atoms with van der Waals surface area (Å²) in [6, 6.07) is 8.54. The summed E-state index contributed by atoms with van der Waals surface area (Å²) in [5.74, 6) is 0. The van der Waals surface area contributed by atoms with Crippen LogP contribution >= 0.6 is 34.5 Å². The van der Waals surface area contributed by atoms with Crippen molar-refractivity contribution in [2.45, 2.75) is 29.2 Å². The van der Waals surface area contributed by atoms with Crippen LogP contribution in [0.3, 0.4) is 0 Å². The highest BCUT2D eigenvalue weighted by Gasteiger charge is 2.38. The van der Waals surface area contributed by atoms with E-state index in [1.807, 2.05) is 22.9 Å². The molecule has 1 N–H and O–H groups in total. The second kappa shape index (κ2) is 7.02. The quantitative estimate of drug-likeness (QED) is 0.622. The number of hydrogen-bond donors (Lipinski definition) is 1. The maximum absolute atomic E-state index is 12.7. The lowest BCUT2D eigenvalue weighted by atomic mass is 9.92. The summed E-state index contributed by atoms with van der Waals surface area (Å²) in [7, 11) is -3.57. The summed E-state index contributed by atoms with van der Waals surface area (Å²) in [6.45, 7) is 0.897. The SMILES string of the molecule is O=S(=O)(c1ccc(Cl)s1)N1CCC(O)(Cn2ccc3nc(Cl)ccc32)CC1. The molecule has 1 aliphatic rings. The fourth-order valence-corrected chi connectivity index (χ4v) is 6.60. The average Bonchev–Trinajstić information content (AvgIpc) is 3.22. The lowest BCUT2D eigenvalue weighted by Gasteiger charge is -2.37. The number of hydrogen-bond acceptors (Lipinski definition) is 5. The van der Waals surface area contributed by atoms with Crippen molar-refractivity contribution in [3.8, 4) is 0 Å². The van der Waals surface area contributed by atoms with Gasteiger partial charge in [0.2, 0.25) is 0 Å². The zero-order valence-electron chi connectivity index (χ0n) is 14.2. The molecule has 0 unspecified atom stereocenters. The minimum atomic E-state index is -3.57. The number of rotatable bonds is 4. The van der Waals surface area contributed by atoms with Crippen molar-refractivity contribution in [2.75, 3.05) is 13.1 Å². The van der Waals surface area contributed by atoms with Gasteiger partial charge in [-0.3, -0.25) is 0 Å². The van der Waals surface area contributed by atoms with E-state index in [-0.39, 0.29) is 17.3 Å². The van der Waals surface area contributed by atoms with Crippen LogP contribution in [-0.2, 0) is 16.6 Å². The van der Waals surface area contributed by atoms with Crippen molar-refractivity contribution >= 4 is 55.6 Å². The van der Waals surface area contributed by atoms with Gasteiger partial charge in [-0.2, -0.15) is 4.31 Å². The van der Waals surface area contributed by atoms with E-state index in [0.717, 1.165) is 22.4 Å². The van der Waals surface area contributed by atoms with E-state index in [2.05, 4.69) is 4.98 Å². The highest BCUT2D eigenvalue weighted by atomic mass is 35.5. The molecule has 0 bridgehead atoms. The third-order valence-electron chi connectivity index (χ3n) is 4.85. The first-order chi connectivity index (χ1) is 12.8. The van der Waals surface area contributed by atoms with Gasteiger partial charge >= 0.3 is 0 Å². The number of sulfonamides is 1. The van der Waals surface area contributed by atoms with E-state index in [9.17, 15) is 13.5 Å². The monoisotopic (exact) mass is 445 g/mol. The Kier molecular flexibility index (Phi) is 4.99. The third-order valence-corrected chi connectivity index (χ3v) is 8.66. The third kappa shape index (κ3) is 3.74. The first kappa shape index (κ1) is 19.2. The Morgan fingerprint density at radius 2 is 1.89 bits per heavy atom. The largest absolute Gasteiger partial charge is 0.388 e. The molecular formula is C17H17Cl2N3O3S2. The van der Waals surface area contributed by atoms with E-state index in [1.165, 1.54) is 10.4 Å². The number of aromatic nitrogens is 2. The van der Waals surface area contributed by atoms with E-state index in [4.69, 9.17) is 23.2 Å². The molecule has 0 amide bonds. The number of nitrogens with zero attached hydrogens (tertiary/aromatic N) is 3. The molecule has 0 atom stereocenters. The van der Waals surface area contributed by atoms with Gasteiger partial charge in [0.1, 0.15) is 9.36 Å². The van der Waals surface area contributed by atoms with Gasteiger partial charge in [0.25, 0.3) is 10.0 Å². The lowest BCUT2D eigenvalue weighted by Crippen LogP contribution is -2.48. The highest BCUT2D eigenvalue weighted by Crippen LogP contribution is 2.32. The number of fused-ring (bicyclic) bond motifs is 1. The number of piperidine rings is 1. The summed E-state index contributed by atoms with van der Waals surface area (Å²) >= 11 is 12.8. The van der Waals surface area contributed by atoms with E-state index in [1.54, 1.807) is 12.1 Å². The molecule has 4 rings (SSSR count). The molecule has 1 aliphatic heterocycles. The van der Waals surface area contributed by atoms with Gasteiger partial charge in [-0.25, -0.2) is 13.4 Å². The molecule has 1 fully saturated rings. The second-order valence-corrected chi connectivity index (χ2v) is 10.9. The summed E-state index contributed by atoms with van der Waals surface area (Å²) in [4.78, 5) is 4.26. The minimum absolute atomic E-state index is 0.234. The molecule has 0 radical (unpaired) electrons. The topological polar surface area (TPSA) is 75.4 Å². The number of aliphatic hydroxyl groups is 1. The molecule has 3 aromatic heterocycles. The van der Waals surface area contributed by atoms with Crippen molar-refractivity contribution in [3.63, 3.8) is 0 Å². The summed E-state index contributed by atoms with van der Waals surface area (Å²) in [5, 5.41) is 11.4. The Bertz CT molecular complexity index is 1090. The van der Waals surface area contributed by atoms with Gasteiger partial charge in [0, 0.05) is 19.3 Å². The molecular weight excluding hydrogens is 429 g/mol. The second-order valence-electron chi connectivity index (χ2n) is 6.67. The summed E-state index contributed by atoms with van der Waals surface area (Å²) in [6.07, 6.45) is 2.57. The van der Waals surface area contributed by atoms with Gasteiger partial charge in [-0.15, -0.1) is 11.3 Å². The predicted molar refractivity (Wildman–Crippen MR) is 107 cm³/mol. The maximum atomic E-state index is 12.7. The summed E-state index contributed by atoms with van der Waals surface area (Å²) in [5.41, 5.74) is 0.668. The van der Waals surface area contributed by atoms with Crippen LogP contribution < -0.4 is 0 Å². The van der Waals surface area contributed by atoms with Crippen LogP contribution in [0.2, 0.25) is 9.49 Å².